The van der Waals surface area contributed by atoms with Crippen LogP contribution in [0.5, 0.6) is 0 Å². The summed E-state index contributed by atoms with van der Waals surface area (Å²) in [6.45, 7) is 12.6. The van der Waals surface area contributed by atoms with Crippen LogP contribution >= 0.6 is 0 Å². The number of aromatic nitrogens is 4. The normalized spacial score (nSPS) is 9.08. The van der Waals surface area contributed by atoms with Crippen LogP contribution in [0.3, 0.4) is 0 Å². The molecule has 2 aromatic heterocycles. The second-order valence-electron chi connectivity index (χ2n) is 4.91. The van der Waals surface area contributed by atoms with Crippen LogP contribution in [-0.4, -0.2) is 43.6 Å². The van der Waals surface area contributed by atoms with E-state index in [0.717, 1.165) is 24.7 Å². The summed E-state index contributed by atoms with van der Waals surface area (Å²) in [4.78, 5) is 26.6. The molecule has 2 heterocycles. The Balaban J connectivity index is -0.000000684. The van der Waals surface area contributed by atoms with Gasteiger partial charge in [-0.25, -0.2) is 9.97 Å². The Morgan fingerprint density at radius 2 is 1.29 bits per heavy atom. The van der Waals surface area contributed by atoms with Gasteiger partial charge in [-0.05, 0) is 13.8 Å². The quantitative estimate of drug-likeness (QED) is 0.542. The number of aryl methyl sites for hydroxylation is 2. The van der Waals surface area contributed by atoms with E-state index in [4.69, 9.17) is 9.59 Å². The van der Waals surface area contributed by atoms with Crippen LogP contribution in [0.25, 0.3) is 0 Å². The molecule has 2 rings (SSSR count). The van der Waals surface area contributed by atoms with Crippen LogP contribution in [0.15, 0.2) is 24.8 Å². The van der Waals surface area contributed by atoms with Crippen molar-refractivity contribution in [2.45, 2.75) is 33.0 Å². The fraction of sp³-hybridized carbons (Fsp3) is 0.438. The van der Waals surface area contributed by atoms with Gasteiger partial charge in [0, 0.05) is 44.9 Å². The second kappa shape index (κ2) is 14.9. The van der Waals surface area contributed by atoms with Crippen molar-refractivity contribution < 1.29 is 29.7 Å². The van der Waals surface area contributed by atoms with Crippen LogP contribution in [0, 0.1) is 7.43 Å². The van der Waals surface area contributed by atoms with Gasteiger partial charge in [-0.2, -0.15) is 0 Å². The van der Waals surface area contributed by atoms with Gasteiger partial charge in [0.25, 0.3) is 0 Å². The van der Waals surface area contributed by atoms with Crippen molar-refractivity contribution in [3.05, 3.63) is 43.9 Å². The minimum Gasteiger partial charge on any atom is -0.545 e. The molecule has 0 amide bonds. The molecule has 0 aliphatic heterocycles. The van der Waals surface area contributed by atoms with E-state index in [1.165, 1.54) is 0 Å². The standard InChI is InChI=1S/C13H21N5.2CHO.CH3.Tc/c1-11(2)18(9-12-14-5-7-16(12)3)10-13-15-6-8-17(13)4;2*1-2;;/h5-8,11H,9-10H2,1-4H3;2*1H;1H3;/q;3*-1;+4/i;;;;1+1. The van der Waals surface area contributed by atoms with Gasteiger partial charge < -0.3 is 26.1 Å². The molecule has 133 valence electrons. The Hall–Kier alpha value is -1.63. The molecule has 1 radical (unpaired) electrons. The third-order valence-corrected chi connectivity index (χ3v) is 3.26. The summed E-state index contributed by atoms with van der Waals surface area (Å²) >= 11 is 0. The molecule has 2 aromatic rings. The van der Waals surface area contributed by atoms with Gasteiger partial charge in [0.15, 0.2) is 0 Å². The number of carbonyl (C=O) groups excluding carboxylic acids is 2. The van der Waals surface area contributed by atoms with Gasteiger partial charge in [-0.3, -0.25) is 18.5 Å². The number of hydrogen-bond donors (Lipinski definition) is 0. The molecule has 0 aliphatic rings. The molecule has 7 nitrogen and oxygen atoms in total. The van der Waals surface area contributed by atoms with Crippen molar-refractivity contribution >= 4 is 13.6 Å². The van der Waals surface area contributed by atoms with Crippen LogP contribution in [0.2, 0.25) is 0 Å². The van der Waals surface area contributed by atoms with Crippen LogP contribution < -0.4 is 0 Å². The molecule has 0 aromatic carbocycles. The third-order valence-electron chi connectivity index (χ3n) is 3.26. The number of rotatable bonds is 5. The summed E-state index contributed by atoms with van der Waals surface area (Å²) in [5.74, 6) is 2.16. The maximum Gasteiger partial charge on any atom is 4.00 e. The average Bonchev–Trinajstić information content (AvgIpc) is 3.12. The molecule has 0 saturated carbocycles. The molecule has 8 heteroatoms. The van der Waals surface area contributed by atoms with E-state index in [1.807, 2.05) is 38.9 Å². The Morgan fingerprint density at radius 3 is 1.50 bits per heavy atom. The molecule has 0 spiro atoms. The van der Waals surface area contributed by atoms with Gasteiger partial charge in [0.05, 0.1) is 13.1 Å². The molecule has 0 fully saturated rings. The molecule has 0 bridgehead atoms. The van der Waals surface area contributed by atoms with Crippen molar-refractivity contribution in [3.8, 4) is 0 Å². The van der Waals surface area contributed by atoms with Crippen molar-refractivity contribution in [1.82, 2.24) is 24.0 Å². The first-order valence-electron chi connectivity index (χ1n) is 6.71. The molecule has 0 saturated heterocycles. The Morgan fingerprint density at radius 1 is 0.958 bits per heavy atom. The maximum atomic E-state index is 7.75. The van der Waals surface area contributed by atoms with Crippen molar-refractivity contribution in [1.29, 1.82) is 0 Å². The van der Waals surface area contributed by atoms with Crippen LogP contribution in [0.4, 0.5) is 0 Å². The van der Waals surface area contributed by atoms with E-state index in [0.29, 0.717) is 6.04 Å². The van der Waals surface area contributed by atoms with Crippen molar-refractivity contribution in [3.63, 3.8) is 0 Å². The number of nitrogens with zero attached hydrogens (tertiary/aromatic N) is 5. The van der Waals surface area contributed by atoms with E-state index in [9.17, 15) is 0 Å². The zero-order valence-corrected chi connectivity index (χ0v) is 16.7. The van der Waals surface area contributed by atoms with Gasteiger partial charge in [-0.15, -0.1) is 0 Å². The number of hydrogen-bond acceptors (Lipinski definition) is 5. The Labute approximate surface area is 158 Å². The predicted molar refractivity (Wildman–Crippen MR) is 90.7 cm³/mol. The first-order valence-corrected chi connectivity index (χ1v) is 6.71. The smallest absolute Gasteiger partial charge is 0.545 e. The van der Waals surface area contributed by atoms with Gasteiger partial charge in [0.2, 0.25) is 0 Å². The molecule has 24 heavy (non-hydrogen) atoms. The summed E-state index contributed by atoms with van der Waals surface area (Å²) in [5, 5.41) is 0. The van der Waals surface area contributed by atoms with Gasteiger partial charge in [-0.1, -0.05) is 0 Å². The maximum absolute atomic E-state index is 7.75. The number of imidazole rings is 2. The summed E-state index contributed by atoms with van der Waals surface area (Å²) in [6.07, 6.45) is 7.65. The first-order chi connectivity index (χ1) is 10.6. The van der Waals surface area contributed by atoms with Gasteiger partial charge in [0.1, 0.15) is 11.6 Å². The van der Waals surface area contributed by atoms with E-state index < -0.39 is 0 Å². The second-order valence-corrected chi connectivity index (χ2v) is 4.91. The van der Waals surface area contributed by atoms with Crippen molar-refractivity contribution in [2.24, 2.45) is 14.1 Å². The molecule has 0 aliphatic carbocycles. The minimum atomic E-state index is 0. The van der Waals surface area contributed by atoms with E-state index in [-0.39, 0.29) is 27.5 Å². The molecular weight excluding hydrogens is 393 g/mol. The monoisotopic (exact) mass is 419 g/mol. The van der Waals surface area contributed by atoms with Crippen LogP contribution in [-0.2, 0) is 56.9 Å². The fourth-order valence-corrected chi connectivity index (χ4v) is 1.88. The van der Waals surface area contributed by atoms with Crippen molar-refractivity contribution in [2.75, 3.05) is 0 Å². The predicted octanol–water partition coefficient (Wildman–Crippen LogP) is 1.46. The summed E-state index contributed by atoms with van der Waals surface area (Å²) in [6, 6.07) is 0.457. The van der Waals surface area contributed by atoms with Gasteiger partial charge >= 0.3 is 20.1 Å². The molecule has 0 atom stereocenters. The fourth-order valence-electron chi connectivity index (χ4n) is 1.88. The Kier molecular flexibility index (Phi) is 16.9. The topological polar surface area (TPSA) is 73.0 Å². The first kappa shape index (κ1) is 27.2. The SMILES string of the molecule is CC(C)N(Cc1nccn1C)Cc1nccn1C.[99Tc+4].[CH-]=O.[CH-]=O.[CH3-]. The van der Waals surface area contributed by atoms with E-state index in [2.05, 4.69) is 51.4 Å². The minimum absolute atomic E-state index is 0. The largest absolute Gasteiger partial charge is 4.00 e. The molecular formula is C16H26N5O2Tc+. The van der Waals surface area contributed by atoms with E-state index >= 15 is 0 Å². The molecule has 0 N–H and O–H groups in total. The summed E-state index contributed by atoms with van der Waals surface area (Å²) in [5.41, 5.74) is 0. The zero-order chi connectivity index (χ0) is 17.1. The van der Waals surface area contributed by atoms with Crippen LogP contribution in [0.1, 0.15) is 25.5 Å². The zero-order valence-electron chi connectivity index (χ0n) is 14.9. The summed E-state index contributed by atoms with van der Waals surface area (Å²) in [7, 11) is 4.06. The van der Waals surface area contributed by atoms with E-state index in [1.54, 1.807) is 0 Å². The average molecular weight is 419 g/mol. The third kappa shape index (κ3) is 8.29. The Bertz CT molecular complexity index is 498. The molecule has 0 unspecified atom stereocenters. The summed E-state index contributed by atoms with van der Waals surface area (Å²) < 4.78 is 4.13.